The maximum absolute atomic E-state index is 13.5. The Morgan fingerprint density at radius 2 is 1.82 bits per heavy atom. The average Bonchev–Trinajstić information content (AvgIpc) is 3.42. The topological polar surface area (TPSA) is 87.5 Å². The monoisotopic (exact) mass is 710 g/mol. The zero-order valence-corrected chi connectivity index (χ0v) is 29.3. The van der Waals surface area contributed by atoms with E-state index in [2.05, 4.69) is 54.2 Å². The second-order valence-corrected chi connectivity index (χ2v) is 13.1. The molecule has 1 aliphatic rings. The molecule has 0 amide bonds. The van der Waals surface area contributed by atoms with Gasteiger partial charge in [0.25, 0.3) is 0 Å². The van der Waals surface area contributed by atoms with Gasteiger partial charge in [0, 0.05) is 16.5 Å². The lowest BCUT2D eigenvalue weighted by molar-refractivity contribution is -0.139. The number of aryl methyl sites for hydroxylation is 3. The molecular formula is C34H36BrClN4O4S. The van der Waals surface area contributed by atoms with Gasteiger partial charge < -0.3 is 19.5 Å². The number of rotatable bonds is 11. The van der Waals surface area contributed by atoms with Gasteiger partial charge in [-0.1, -0.05) is 60.6 Å². The number of ether oxygens (including phenoxy) is 3. The second-order valence-electron chi connectivity index (χ2n) is 10.9. The molecule has 11 heteroatoms. The zero-order valence-electron chi connectivity index (χ0n) is 26.2. The fraction of sp³-hybridized carbons (Fsp3) is 0.324. The van der Waals surface area contributed by atoms with Crippen LogP contribution in [0.3, 0.4) is 0 Å². The quantitative estimate of drug-likeness (QED) is 0.122. The molecule has 4 aromatic rings. The van der Waals surface area contributed by atoms with Gasteiger partial charge in [-0.3, -0.25) is 0 Å². The van der Waals surface area contributed by atoms with E-state index >= 15 is 0 Å². The fourth-order valence-corrected chi connectivity index (χ4v) is 6.85. The molecule has 236 valence electrons. The summed E-state index contributed by atoms with van der Waals surface area (Å²) >= 11 is 11.6. The Bertz CT molecular complexity index is 1770. The van der Waals surface area contributed by atoms with Crippen molar-refractivity contribution in [1.82, 2.24) is 14.8 Å². The number of thioether (sulfide) groups is 1. The first-order valence-electron chi connectivity index (χ1n) is 14.7. The molecule has 0 spiro atoms. The van der Waals surface area contributed by atoms with Crippen molar-refractivity contribution >= 4 is 51.2 Å². The SMILES string of the molecule is CCCOC(=O)C1=C(C)Nc2nc(SCc3ccccc3Cl)nn2C1c1cc(Br)c(OCc2cc(C)c(C)cc2C)c(OC)c1. The van der Waals surface area contributed by atoms with Crippen LogP contribution in [0.15, 0.2) is 69.4 Å². The van der Waals surface area contributed by atoms with E-state index in [1.807, 2.05) is 50.2 Å². The van der Waals surface area contributed by atoms with E-state index in [4.69, 9.17) is 35.9 Å². The number of hydrogen-bond donors (Lipinski definition) is 1. The number of benzene rings is 3. The van der Waals surface area contributed by atoms with Crippen LogP contribution in [0.1, 0.15) is 59.7 Å². The van der Waals surface area contributed by atoms with E-state index < -0.39 is 12.0 Å². The van der Waals surface area contributed by atoms with Gasteiger partial charge in [-0.05, 0) is 102 Å². The first-order chi connectivity index (χ1) is 21.6. The molecular weight excluding hydrogens is 676 g/mol. The summed E-state index contributed by atoms with van der Waals surface area (Å²) in [6.45, 7) is 10.8. The van der Waals surface area contributed by atoms with Crippen molar-refractivity contribution in [3.63, 3.8) is 0 Å². The number of nitrogens with one attached hydrogen (secondary N) is 1. The highest BCUT2D eigenvalue weighted by Crippen LogP contribution is 2.44. The summed E-state index contributed by atoms with van der Waals surface area (Å²) in [5.74, 6) is 1.79. The van der Waals surface area contributed by atoms with Crippen LogP contribution in [0.5, 0.6) is 11.5 Å². The highest BCUT2D eigenvalue weighted by Gasteiger charge is 2.36. The number of esters is 1. The van der Waals surface area contributed by atoms with E-state index in [0.717, 1.165) is 22.3 Å². The van der Waals surface area contributed by atoms with Gasteiger partial charge in [-0.15, -0.1) is 5.10 Å². The number of methoxy groups -OCH3 is 1. The van der Waals surface area contributed by atoms with Crippen LogP contribution >= 0.6 is 39.3 Å². The molecule has 2 heterocycles. The van der Waals surface area contributed by atoms with Crippen molar-refractivity contribution in [2.75, 3.05) is 19.0 Å². The molecule has 1 atom stereocenters. The summed E-state index contributed by atoms with van der Waals surface area (Å²) in [5, 5.41) is 9.35. The van der Waals surface area contributed by atoms with Gasteiger partial charge in [0.15, 0.2) is 11.5 Å². The Balaban J connectivity index is 1.51. The Morgan fingerprint density at radius 1 is 1.07 bits per heavy atom. The van der Waals surface area contributed by atoms with Gasteiger partial charge >= 0.3 is 5.97 Å². The van der Waals surface area contributed by atoms with Crippen LogP contribution in [0.25, 0.3) is 0 Å². The number of fused-ring (bicyclic) bond motifs is 1. The first-order valence-corrected chi connectivity index (χ1v) is 16.8. The van der Waals surface area contributed by atoms with Crippen LogP contribution in [-0.2, 0) is 21.9 Å². The molecule has 5 rings (SSSR count). The van der Waals surface area contributed by atoms with Crippen LogP contribution in [-0.4, -0.2) is 34.5 Å². The maximum Gasteiger partial charge on any atom is 0.338 e. The molecule has 1 N–H and O–H groups in total. The third-order valence-electron chi connectivity index (χ3n) is 7.70. The number of carbonyl (C=O) groups is 1. The highest BCUT2D eigenvalue weighted by molar-refractivity contribution is 9.10. The minimum Gasteiger partial charge on any atom is -0.493 e. The minimum absolute atomic E-state index is 0.309. The number of carbonyl (C=O) groups excluding carboxylic acids is 1. The molecule has 0 radical (unpaired) electrons. The molecule has 0 aliphatic carbocycles. The standard InChI is InChI=1S/C34H36BrClN4O4S/c1-7-12-43-32(41)29-22(5)37-33-38-34(45-18-23-10-8-9-11-27(23)36)39-40(33)30(29)24-15-26(35)31(28(16-24)42-6)44-17-25-14-20(3)19(2)13-21(25)4/h8-11,13-16,30H,7,12,17-18H2,1-6H3,(H,37,38,39). The van der Waals surface area contributed by atoms with Crippen molar-refractivity contribution < 1.29 is 19.0 Å². The first kappa shape index (κ1) is 32.9. The lowest BCUT2D eigenvalue weighted by atomic mass is 9.95. The average molecular weight is 712 g/mol. The number of allylic oxidation sites excluding steroid dienone is 1. The number of nitrogens with zero attached hydrogens (tertiary/aromatic N) is 3. The zero-order chi connectivity index (χ0) is 32.2. The smallest absolute Gasteiger partial charge is 0.338 e. The lowest BCUT2D eigenvalue weighted by Crippen LogP contribution is -2.30. The molecule has 0 saturated carbocycles. The normalized spacial score (nSPS) is 14.2. The maximum atomic E-state index is 13.5. The number of halogens is 2. The van der Waals surface area contributed by atoms with Gasteiger partial charge in [-0.2, -0.15) is 4.98 Å². The minimum atomic E-state index is -0.631. The van der Waals surface area contributed by atoms with E-state index in [9.17, 15) is 4.79 Å². The van der Waals surface area contributed by atoms with Crippen molar-refractivity contribution in [1.29, 1.82) is 0 Å². The van der Waals surface area contributed by atoms with E-state index in [1.165, 1.54) is 22.9 Å². The molecule has 0 fully saturated rings. The molecule has 1 unspecified atom stereocenters. The Kier molecular flexibility index (Phi) is 10.5. The van der Waals surface area contributed by atoms with Crippen LogP contribution in [0.4, 0.5) is 5.95 Å². The predicted molar refractivity (Wildman–Crippen MR) is 182 cm³/mol. The fourth-order valence-electron chi connectivity index (χ4n) is 5.16. The summed E-state index contributed by atoms with van der Waals surface area (Å²) in [7, 11) is 1.60. The molecule has 45 heavy (non-hydrogen) atoms. The van der Waals surface area contributed by atoms with E-state index in [1.54, 1.807) is 11.8 Å². The molecule has 8 nitrogen and oxygen atoms in total. The summed E-state index contributed by atoms with van der Waals surface area (Å²) in [6, 6.07) is 15.2. The Labute approximate surface area is 281 Å². The summed E-state index contributed by atoms with van der Waals surface area (Å²) in [4.78, 5) is 18.2. The number of aromatic nitrogens is 3. The highest BCUT2D eigenvalue weighted by atomic mass is 79.9. The lowest BCUT2D eigenvalue weighted by Gasteiger charge is -2.29. The molecule has 3 aromatic carbocycles. The van der Waals surface area contributed by atoms with E-state index in [0.29, 0.717) is 68.8 Å². The van der Waals surface area contributed by atoms with Crippen LogP contribution < -0.4 is 14.8 Å². The number of hydrogen-bond acceptors (Lipinski definition) is 8. The van der Waals surface area contributed by atoms with Crippen LogP contribution in [0.2, 0.25) is 5.02 Å². The molecule has 1 aromatic heterocycles. The largest absolute Gasteiger partial charge is 0.493 e. The molecule has 0 bridgehead atoms. The van der Waals surface area contributed by atoms with Crippen molar-refractivity contribution in [3.05, 3.63) is 103 Å². The van der Waals surface area contributed by atoms with Gasteiger partial charge in [0.05, 0.1) is 23.8 Å². The van der Waals surface area contributed by atoms with Crippen molar-refractivity contribution in [3.8, 4) is 11.5 Å². The third kappa shape index (κ3) is 7.18. The summed E-state index contributed by atoms with van der Waals surface area (Å²) < 4.78 is 20.2. The molecule has 1 aliphatic heterocycles. The van der Waals surface area contributed by atoms with Gasteiger partial charge in [0.1, 0.15) is 12.6 Å². The number of anilines is 1. The summed E-state index contributed by atoms with van der Waals surface area (Å²) in [5.41, 5.74) is 7.55. The Hall–Kier alpha value is -3.47. The third-order valence-corrected chi connectivity index (χ3v) is 9.54. The van der Waals surface area contributed by atoms with Crippen molar-refractivity contribution in [2.45, 2.75) is 64.6 Å². The van der Waals surface area contributed by atoms with Crippen molar-refractivity contribution in [2.24, 2.45) is 0 Å². The molecule has 0 saturated heterocycles. The Morgan fingerprint density at radius 3 is 2.56 bits per heavy atom. The van der Waals surface area contributed by atoms with E-state index in [-0.39, 0.29) is 0 Å². The van der Waals surface area contributed by atoms with Gasteiger partial charge in [0.2, 0.25) is 11.1 Å². The van der Waals surface area contributed by atoms with Crippen LogP contribution in [0, 0.1) is 20.8 Å². The summed E-state index contributed by atoms with van der Waals surface area (Å²) in [6.07, 6.45) is 0.707. The predicted octanol–water partition coefficient (Wildman–Crippen LogP) is 8.74. The van der Waals surface area contributed by atoms with Gasteiger partial charge in [-0.25, -0.2) is 9.48 Å². The second kappa shape index (κ2) is 14.3.